The lowest BCUT2D eigenvalue weighted by atomic mass is 10.0. The average molecular weight is 397 g/mol. The van der Waals surface area contributed by atoms with Crippen LogP contribution in [0.3, 0.4) is 0 Å². The summed E-state index contributed by atoms with van der Waals surface area (Å²) in [6.07, 6.45) is 3.82. The van der Waals surface area contributed by atoms with Gasteiger partial charge in [-0.05, 0) is 24.6 Å². The van der Waals surface area contributed by atoms with E-state index >= 15 is 4.39 Å². The highest BCUT2D eigenvalue weighted by Gasteiger charge is 2.32. The van der Waals surface area contributed by atoms with Crippen LogP contribution in [0.25, 0.3) is 16.8 Å². The molecule has 0 unspecified atom stereocenters. The first kappa shape index (κ1) is 17.7. The number of halogens is 2. The molecular formula is C20H17F2N5O2. The van der Waals surface area contributed by atoms with Gasteiger partial charge in [0.25, 0.3) is 5.91 Å². The van der Waals surface area contributed by atoms with E-state index < -0.39 is 11.7 Å². The Bertz CT molecular complexity index is 1170. The highest BCUT2D eigenvalue weighted by Crippen LogP contribution is 2.34. The summed E-state index contributed by atoms with van der Waals surface area (Å²) in [5, 5.41) is 13.7. The van der Waals surface area contributed by atoms with Crippen LogP contribution in [0.4, 0.5) is 14.6 Å². The number of rotatable bonds is 3. The van der Waals surface area contributed by atoms with Crippen LogP contribution < -0.4 is 10.6 Å². The highest BCUT2D eigenvalue weighted by molar-refractivity contribution is 6.04. The molecule has 5 heterocycles. The molecule has 0 bridgehead atoms. The Morgan fingerprint density at radius 2 is 2.21 bits per heavy atom. The van der Waals surface area contributed by atoms with Crippen LogP contribution in [0, 0.1) is 17.0 Å². The highest BCUT2D eigenvalue weighted by atomic mass is 19.1. The van der Waals surface area contributed by atoms with E-state index in [0.29, 0.717) is 35.5 Å². The van der Waals surface area contributed by atoms with Gasteiger partial charge in [0.2, 0.25) is 0 Å². The monoisotopic (exact) mass is 397 g/mol. The maximum atomic E-state index is 15.1. The predicted molar refractivity (Wildman–Crippen MR) is 102 cm³/mol. The van der Waals surface area contributed by atoms with Crippen LogP contribution in [0.1, 0.15) is 22.3 Å². The number of pyridine rings is 2. The first-order chi connectivity index (χ1) is 14.0. The molecule has 148 valence electrons. The number of fused-ring (bicyclic) bond motifs is 2. The number of hydrogen-bond donors (Lipinski definition) is 3. The molecular weight excluding hydrogens is 380 g/mol. The van der Waals surface area contributed by atoms with E-state index in [9.17, 15) is 9.18 Å². The number of carbonyl (C=O) groups is 1. The molecule has 0 saturated carbocycles. The van der Waals surface area contributed by atoms with E-state index in [4.69, 9.17) is 10.1 Å². The number of hydrogen-bond acceptors (Lipinski definition) is 5. The van der Waals surface area contributed by atoms with Gasteiger partial charge in [0, 0.05) is 42.2 Å². The molecule has 0 spiro atoms. The topological polar surface area (TPSA) is 91.5 Å². The molecule has 2 aliphatic rings. The minimum atomic E-state index is -0.601. The van der Waals surface area contributed by atoms with Crippen molar-refractivity contribution in [2.45, 2.75) is 19.0 Å². The third kappa shape index (κ3) is 2.94. The van der Waals surface area contributed by atoms with Gasteiger partial charge in [-0.2, -0.15) is 0 Å². The minimum Gasteiger partial charge on any atom is -0.375 e. The number of nitrogens with one attached hydrogen (secondary N) is 3. The summed E-state index contributed by atoms with van der Waals surface area (Å²) >= 11 is 0. The summed E-state index contributed by atoms with van der Waals surface area (Å²) < 4.78 is 35.6. The molecule has 9 heteroatoms. The van der Waals surface area contributed by atoms with E-state index in [1.54, 1.807) is 22.9 Å². The van der Waals surface area contributed by atoms with Gasteiger partial charge in [0.1, 0.15) is 5.82 Å². The van der Waals surface area contributed by atoms with Crippen LogP contribution >= 0.6 is 0 Å². The number of nitrogens with zero attached hydrogens (tertiary/aromatic N) is 2. The molecule has 1 amide bonds. The van der Waals surface area contributed by atoms with Gasteiger partial charge in [0.05, 0.1) is 29.6 Å². The van der Waals surface area contributed by atoms with Crippen molar-refractivity contribution in [3.8, 4) is 11.3 Å². The zero-order chi connectivity index (χ0) is 20.1. The second kappa shape index (κ2) is 6.63. The zero-order valence-electron chi connectivity index (χ0n) is 15.3. The summed E-state index contributed by atoms with van der Waals surface area (Å²) in [5.74, 6) is -1.38. The van der Waals surface area contributed by atoms with E-state index in [1.807, 2.05) is 0 Å². The smallest absolute Gasteiger partial charge is 0.254 e. The second-order valence-corrected chi connectivity index (χ2v) is 7.13. The van der Waals surface area contributed by atoms with Gasteiger partial charge in [0.15, 0.2) is 11.6 Å². The lowest BCUT2D eigenvalue weighted by Crippen LogP contribution is -2.38. The Kier molecular flexibility index (Phi) is 4.06. The summed E-state index contributed by atoms with van der Waals surface area (Å²) in [6.45, 7) is 0.723. The Hall–Kier alpha value is -3.33. The van der Waals surface area contributed by atoms with E-state index in [-0.39, 0.29) is 42.0 Å². The van der Waals surface area contributed by atoms with E-state index in [2.05, 4.69) is 15.6 Å². The van der Waals surface area contributed by atoms with E-state index in [0.717, 1.165) is 0 Å². The maximum absolute atomic E-state index is 15.1. The predicted octanol–water partition coefficient (Wildman–Crippen LogP) is 2.74. The molecule has 7 nitrogen and oxygen atoms in total. The van der Waals surface area contributed by atoms with Crippen LogP contribution in [-0.4, -0.2) is 40.3 Å². The molecule has 0 radical (unpaired) electrons. The molecule has 2 aliphatic heterocycles. The fourth-order valence-electron chi connectivity index (χ4n) is 3.78. The summed E-state index contributed by atoms with van der Waals surface area (Å²) in [6, 6.07) is 4.02. The Morgan fingerprint density at radius 1 is 1.34 bits per heavy atom. The van der Waals surface area contributed by atoms with Crippen LogP contribution in [0.2, 0.25) is 0 Å². The van der Waals surface area contributed by atoms with Crippen LogP contribution in [0.5, 0.6) is 0 Å². The lowest BCUT2D eigenvalue weighted by Gasteiger charge is -2.25. The van der Waals surface area contributed by atoms with Gasteiger partial charge >= 0.3 is 0 Å². The third-order valence-corrected chi connectivity index (χ3v) is 5.26. The van der Waals surface area contributed by atoms with Crippen molar-refractivity contribution in [3.05, 3.63) is 53.4 Å². The zero-order valence-corrected chi connectivity index (χ0v) is 15.3. The molecule has 3 N–H and O–H groups in total. The fraction of sp³-hybridized carbons (Fsp3) is 0.250. The Balaban J connectivity index is 1.64. The largest absolute Gasteiger partial charge is 0.375 e. The van der Waals surface area contributed by atoms with Crippen LogP contribution in [0.15, 0.2) is 30.6 Å². The third-order valence-electron chi connectivity index (χ3n) is 5.26. The van der Waals surface area contributed by atoms with Crippen molar-refractivity contribution < 1.29 is 18.3 Å². The summed E-state index contributed by atoms with van der Waals surface area (Å²) in [5.41, 5.74) is 2.24. The quantitative estimate of drug-likeness (QED) is 0.634. The molecule has 1 fully saturated rings. The van der Waals surface area contributed by atoms with Crippen molar-refractivity contribution in [1.82, 2.24) is 14.7 Å². The summed E-state index contributed by atoms with van der Waals surface area (Å²) in [7, 11) is 0. The first-order valence-electron chi connectivity index (χ1n) is 9.21. The molecule has 0 aromatic carbocycles. The van der Waals surface area contributed by atoms with Crippen LogP contribution in [-0.2, 0) is 11.3 Å². The number of aromatic nitrogens is 2. The molecule has 3 aromatic rings. The standard InChI is InChI=1S/C20H17F2N5O2/c21-11-1-3-27-8-10(5-12(27)6-11)18-16-13(7-24-20(16)28)17(22)19(26-18)25-15-2-4-29-9-14(15)23/h1,3,5-6,8,15,23H,2,4,7,9H2,(H,24,28)(H,25,26)/t15-/m1/s1. The SMILES string of the molecule is N=C1COCC[C@H]1Nc1nc(-c2cc3cc(F)ccn3c2)c2c(c1F)CNC2=O. The number of amides is 1. The molecule has 0 aliphatic carbocycles. The van der Waals surface area contributed by atoms with Crippen molar-refractivity contribution in [3.63, 3.8) is 0 Å². The van der Waals surface area contributed by atoms with Crippen molar-refractivity contribution in [2.24, 2.45) is 0 Å². The van der Waals surface area contributed by atoms with Crippen molar-refractivity contribution in [1.29, 1.82) is 5.41 Å². The second-order valence-electron chi connectivity index (χ2n) is 7.13. The van der Waals surface area contributed by atoms with Gasteiger partial charge in [-0.15, -0.1) is 0 Å². The molecule has 3 aromatic heterocycles. The normalized spacial score (nSPS) is 18.8. The molecule has 1 saturated heterocycles. The van der Waals surface area contributed by atoms with Gasteiger partial charge < -0.3 is 25.2 Å². The maximum Gasteiger partial charge on any atom is 0.254 e. The van der Waals surface area contributed by atoms with Crippen molar-refractivity contribution >= 4 is 23.0 Å². The van der Waals surface area contributed by atoms with E-state index in [1.165, 1.54) is 12.1 Å². The van der Waals surface area contributed by atoms with Gasteiger partial charge in [-0.1, -0.05) is 0 Å². The first-order valence-corrected chi connectivity index (χ1v) is 9.21. The average Bonchev–Trinajstić information content (AvgIpc) is 3.29. The van der Waals surface area contributed by atoms with Crippen molar-refractivity contribution in [2.75, 3.05) is 18.5 Å². The minimum absolute atomic E-state index is 0.00617. The Morgan fingerprint density at radius 3 is 3.03 bits per heavy atom. The molecule has 5 rings (SSSR count). The Labute approximate surface area is 164 Å². The van der Waals surface area contributed by atoms with Gasteiger partial charge in [-0.25, -0.2) is 13.8 Å². The number of ether oxygens (including phenoxy) is 1. The molecule has 1 atom stereocenters. The summed E-state index contributed by atoms with van der Waals surface area (Å²) in [4.78, 5) is 16.8. The molecule has 29 heavy (non-hydrogen) atoms. The number of carbonyl (C=O) groups excluding carboxylic acids is 1. The van der Waals surface area contributed by atoms with Gasteiger partial charge in [-0.3, -0.25) is 4.79 Å². The number of anilines is 1. The fourth-order valence-corrected chi connectivity index (χ4v) is 3.78. The lowest BCUT2D eigenvalue weighted by molar-refractivity contribution is 0.0966.